The van der Waals surface area contributed by atoms with Gasteiger partial charge in [-0.05, 0) is 50.8 Å². The number of rotatable bonds is 8. The number of nitrogens with one attached hydrogen (secondary N) is 2. The SMILES string of the molecule is CCNC(=NCC1(c2ccc(Br)cc2)CCC1)NC(C)CCS(C)(=O)=O.I. The van der Waals surface area contributed by atoms with Crippen LogP contribution in [0.4, 0.5) is 0 Å². The van der Waals surface area contributed by atoms with Crippen LogP contribution in [0.1, 0.15) is 45.1 Å². The smallest absolute Gasteiger partial charge is 0.191 e. The number of sulfone groups is 1. The molecule has 1 saturated carbocycles. The second kappa shape index (κ2) is 11.0. The maximum Gasteiger partial charge on any atom is 0.191 e. The first kappa shape index (κ1) is 24.7. The Hall–Kier alpha value is -0.350. The van der Waals surface area contributed by atoms with Crippen LogP contribution in [0.3, 0.4) is 0 Å². The van der Waals surface area contributed by atoms with Gasteiger partial charge in [-0.2, -0.15) is 0 Å². The zero-order valence-electron chi connectivity index (χ0n) is 16.3. The summed E-state index contributed by atoms with van der Waals surface area (Å²) in [7, 11) is -2.94. The highest BCUT2D eigenvalue weighted by molar-refractivity contribution is 14.0. The summed E-state index contributed by atoms with van der Waals surface area (Å²) >= 11 is 3.50. The van der Waals surface area contributed by atoms with E-state index in [1.807, 2.05) is 13.8 Å². The van der Waals surface area contributed by atoms with Gasteiger partial charge in [-0.25, -0.2) is 8.42 Å². The summed E-state index contributed by atoms with van der Waals surface area (Å²) in [6.45, 7) is 5.54. The Balaban J connectivity index is 0.00000364. The molecule has 1 fully saturated rings. The molecule has 0 aliphatic heterocycles. The van der Waals surface area contributed by atoms with E-state index in [2.05, 4.69) is 50.8 Å². The topological polar surface area (TPSA) is 70.6 Å². The fraction of sp³-hybridized carbons (Fsp3) is 0.632. The number of guanidine groups is 1. The number of hydrogen-bond acceptors (Lipinski definition) is 3. The third-order valence-corrected chi connectivity index (χ3v) is 6.46. The minimum Gasteiger partial charge on any atom is -0.357 e. The molecule has 1 aromatic carbocycles. The number of benzene rings is 1. The van der Waals surface area contributed by atoms with Crippen LogP contribution in [-0.2, 0) is 15.3 Å². The maximum atomic E-state index is 11.4. The van der Waals surface area contributed by atoms with Crippen molar-refractivity contribution < 1.29 is 8.42 Å². The average Bonchev–Trinajstić information content (AvgIpc) is 2.53. The molecule has 27 heavy (non-hydrogen) atoms. The Morgan fingerprint density at radius 1 is 1.30 bits per heavy atom. The van der Waals surface area contributed by atoms with Gasteiger partial charge in [0.2, 0.25) is 0 Å². The summed E-state index contributed by atoms with van der Waals surface area (Å²) < 4.78 is 23.8. The molecule has 0 bridgehead atoms. The van der Waals surface area contributed by atoms with Gasteiger partial charge in [-0.1, -0.05) is 34.5 Å². The van der Waals surface area contributed by atoms with Crippen LogP contribution in [0, 0.1) is 0 Å². The molecule has 154 valence electrons. The van der Waals surface area contributed by atoms with Gasteiger partial charge in [-0.15, -0.1) is 24.0 Å². The molecule has 1 atom stereocenters. The van der Waals surface area contributed by atoms with Crippen molar-refractivity contribution in [2.75, 3.05) is 25.1 Å². The Morgan fingerprint density at radius 3 is 2.41 bits per heavy atom. The molecular formula is C19H31BrIN3O2S. The van der Waals surface area contributed by atoms with Crippen molar-refractivity contribution in [3.05, 3.63) is 34.3 Å². The molecule has 5 nitrogen and oxygen atoms in total. The molecule has 0 radical (unpaired) electrons. The van der Waals surface area contributed by atoms with Crippen LogP contribution in [0.25, 0.3) is 0 Å². The molecule has 0 saturated heterocycles. The Morgan fingerprint density at radius 2 is 1.93 bits per heavy atom. The third-order valence-electron chi connectivity index (χ3n) is 4.96. The predicted molar refractivity (Wildman–Crippen MR) is 128 cm³/mol. The summed E-state index contributed by atoms with van der Waals surface area (Å²) in [5.41, 5.74) is 1.47. The Labute approximate surface area is 189 Å². The van der Waals surface area contributed by atoms with Crippen molar-refractivity contribution in [1.29, 1.82) is 0 Å². The van der Waals surface area contributed by atoms with E-state index in [1.54, 1.807) is 0 Å². The minimum absolute atomic E-state index is 0. The van der Waals surface area contributed by atoms with E-state index >= 15 is 0 Å². The summed E-state index contributed by atoms with van der Waals surface area (Å²) in [6.07, 6.45) is 5.39. The average molecular weight is 572 g/mol. The van der Waals surface area contributed by atoms with Crippen molar-refractivity contribution in [3.8, 4) is 0 Å². The highest BCUT2D eigenvalue weighted by Gasteiger charge is 2.38. The number of nitrogens with zero attached hydrogens (tertiary/aromatic N) is 1. The van der Waals surface area contributed by atoms with Crippen LogP contribution >= 0.6 is 39.9 Å². The molecule has 0 aromatic heterocycles. The first-order chi connectivity index (χ1) is 12.2. The van der Waals surface area contributed by atoms with Crippen molar-refractivity contribution in [2.45, 2.75) is 51.0 Å². The number of hydrogen-bond donors (Lipinski definition) is 2. The van der Waals surface area contributed by atoms with Gasteiger partial charge in [0.25, 0.3) is 0 Å². The first-order valence-corrected chi connectivity index (χ1v) is 12.1. The van der Waals surface area contributed by atoms with Gasteiger partial charge in [0, 0.05) is 28.7 Å². The van der Waals surface area contributed by atoms with Crippen molar-refractivity contribution in [2.24, 2.45) is 4.99 Å². The molecule has 0 amide bonds. The molecule has 1 aromatic rings. The molecular weight excluding hydrogens is 541 g/mol. The molecule has 0 spiro atoms. The molecule has 8 heteroatoms. The monoisotopic (exact) mass is 571 g/mol. The van der Waals surface area contributed by atoms with Crippen molar-refractivity contribution in [1.82, 2.24) is 10.6 Å². The molecule has 1 aliphatic carbocycles. The van der Waals surface area contributed by atoms with Gasteiger partial charge in [0.05, 0.1) is 12.3 Å². The lowest BCUT2D eigenvalue weighted by Gasteiger charge is -2.41. The lowest BCUT2D eigenvalue weighted by atomic mass is 9.64. The van der Waals surface area contributed by atoms with Crippen LogP contribution in [0.5, 0.6) is 0 Å². The molecule has 2 rings (SSSR count). The van der Waals surface area contributed by atoms with Gasteiger partial charge in [0.15, 0.2) is 5.96 Å². The van der Waals surface area contributed by atoms with Gasteiger partial charge in [-0.3, -0.25) is 4.99 Å². The molecule has 1 aliphatic rings. The largest absolute Gasteiger partial charge is 0.357 e. The van der Waals surface area contributed by atoms with Crippen LogP contribution < -0.4 is 10.6 Å². The fourth-order valence-electron chi connectivity index (χ4n) is 3.19. The van der Waals surface area contributed by atoms with E-state index in [1.165, 1.54) is 18.2 Å². The second-order valence-corrected chi connectivity index (χ2v) is 10.5. The second-order valence-electron chi connectivity index (χ2n) is 7.30. The lowest BCUT2D eigenvalue weighted by Crippen LogP contribution is -2.45. The Bertz CT molecular complexity index is 719. The highest BCUT2D eigenvalue weighted by Crippen LogP contribution is 2.44. The predicted octanol–water partition coefficient (Wildman–Crippen LogP) is 3.87. The zero-order valence-corrected chi connectivity index (χ0v) is 21.0. The number of halogens is 2. The molecule has 0 heterocycles. The van der Waals surface area contributed by atoms with E-state index in [4.69, 9.17) is 4.99 Å². The third kappa shape index (κ3) is 7.89. The van der Waals surface area contributed by atoms with E-state index in [0.29, 0.717) is 6.42 Å². The minimum atomic E-state index is -2.94. The normalized spacial score (nSPS) is 17.4. The van der Waals surface area contributed by atoms with Gasteiger partial charge < -0.3 is 10.6 Å². The highest BCUT2D eigenvalue weighted by atomic mass is 127. The zero-order chi connectivity index (χ0) is 19.2. The summed E-state index contributed by atoms with van der Waals surface area (Å²) in [5, 5.41) is 6.61. The van der Waals surface area contributed by atoms with E-state index < -0.39 is 9.84 Å². The number of aliphatic imine (C=N–C) groups is 1. The fourth-order valence-corrected chi connectivity index (χ4v) is 4.24. The van der Waals surface area contributed by atoms with Crippen LogP contribution in [0.2, 0.25) is 0 Å². The molecule has 1 unspecified atom stereocenters. The van der Waals surface area contributed by atoms with Gasteiger partial charge in [0.1, 0.15) is 9.84 Å². The van der Waals surface area contributed by atoms with Crippen LogP contribution in [0.15, 0.2) is 33.7 Å². The van der Waals surface area contributed by atoms with Crippen molar-refractivity contribution >= 4 is 55.7 Å². The maximum absolute atomic E-state index is 11.4. The summed E-state index contributed by atoms with van der Waals surface area (Å²) in [6, 6.07) is 8.61. The van der Waals surface area contributed by atoms with Crippen LogP contribution in [-0.4, -0.2) is 45.5 Å². The summed E-state index contributed by atoms with van der Waals surface area (Å²) in [5.74, 6) is 0.945. The van der Waals surface area contributed by atoms with E-state index in [0.717, 1.165) is 36.4 Å². The van der Waals surface area contributed by atoms with E-state index in [9.17, 15) is 8.42 Å². The summed E-state index contributed by atoms with van der Waals surface area (Å²) in [4.78, 5) is 4.82. The Kier molecular flexibility index (Phi) is 10.1. The lowest BCUT2D eigenvalue weighted by molar-refractivity contribution is 0.253. The first-order valence-electron chi connectivity index (χ1n) is 9.23. The van der Waals surface area contributed by atoms with E-state index in [-0.39, 0.29) is 41.2 Å². The standard InChI is InChI=1S/C19H30BrN3O2S.HI/c1-4-21-18(23-15(2)10-13-26(3,24)25)22-14-19(11-5-12-19)16-6-8-17(20)9-7-16;/h6-9,15H,4-5,10-14H2,1-3H3,(H2,21,22,23);1H. The van der Waals surface area contributed by atoms with Gasteiger partial charge >= 0.3 is 0 Å². The molecule has 2 N–H and O–H groups in total. The van der Waals surface area contributed by atoms with Crippen molar-refractivity contribution in [3.63, 3.8) is 0 Å². The quantitative estimate of drug-likeness (QED) is 0.282.